The van der Waals surface area contributed by atoms with Gasteiger partial charge in [0, 0.05) is 66.6 Å². The quantitative estimate of drug-likeness (QED) is 0.343. The zero-order chi connectivity index (χ0) is 24.2. The van der Waals surface area contributed by atoms with Gasteiger partial charge < -0.3 is 14.2 Å². The number of carbonyl (C=O) groups is 1. The van der Waals surface area contributed by atoms with Crippen LogP contribution in [-0.4, -0.2) is 59.7 Å². The third-order valence-corrected chi connectivity index (χ3v) is 7.20. The van der Waals surface area contributed by atoms with Crippen molar-refractivity contribution in [3.8, 4) is 0 Å². The second kappa shape index (κ2) is 10.6. The first kappa shape index (κ1) is 23.6. The van der Waals surface area contributed by atoms with Gasteiger partial charge in [-0.15, -0.1) is 0 Å². The van der Waals surface area contributed by atoms with E-state index in [4.69, 9.17) is 4.74 Å². The molecule has 0 unspecified atom stereocenters. The molecule has 0 bridgehead atoms. The molecule has 0 aliphatic carbocycles. The Morgan fingerprint density at radius 2 is 1.69 bits per heavy atom. The van der Waals surface area contributed by atoms with Crippen LogP contribution in [0.2, 0.25) is 0 Å². The highest BCUT2D eigenvalue weighted by Crippen LogP contribution is 2.30. The van der Waals surface area contributed by atoms with Crippen LogP contribution in [-0.2, 0) is 17.8 Å². The number of nitrogens with zero attached hydrogens (tertiary/aromatic N) is 3. The average molecular weight is 470 g/mol. The zero-order valence-corrected chi connectivity index (χ0v) is 20.9. The molecule has 1 fully saturated rings. The smallest absolute Gasteiger partial charge is 0.254 e. The Labute approximate surface area is 207 Å². The van der Waals surface area contributed by atoms with Gasteiger partial charge in [0.05, 0.1) is 13.2 Å². The van der Waals surface area contributed by atoms with E-state index in [0.29, 0.717) is 6.54 Å². The van der Waals surface area contributed by atoms with Crippen LogP contribution >= 0.6 is 0 Å². The number of carbonyl (C=O) groups excluding carboxylic acids is 1. The summed E-state index contributed by atoms with van der Waals surface area (Å²) in [7, 11) is 0. The molecule has 2 heterocycles. The van der Waals surface area contributed by atoms with Gasteiger partial charge in [-0.1, -0.05) is 42.5 Å². The van der Waals surface area contributed by atoms with Crippen molar-refractivity contribution in [1.29, 1.82) is 0 Å². The Hall–Kier alpha value is -3.15. The minimum Gasteiger partial charge on any atom is -0.379 e. The van der Waals surface area contributed by atoms with Crippen LogP contribution in [0.15, 0.2) is 66.7 Å². The number of hydrogen-bond donors (Lipinski definition) is 0. The minimum atomic E-state index is 0.112. The summed E-state index contributed by atoms with van der Waals surface area (Å²) in [5, 5.41) is 2.53. The molecule has 0 saturated carbocycles. The molecular formula is C30H35N3O2. The summed E-state index contributed by atoms with van der Waals surface area (Å²) >= 11 is 0. The van der Waals surface area contributed by atoms with Crippen molar-refractivity contribution in [3.05, 3.63) is 83.4 Å². The van der Waals surface area contributed by atoms with E-state index in [1.807, 2.05) is 36.1 Å². The molecule has 1 saturated heterocycles. The van der Waals surface area contributed by atoms with E-state index in [1.54, 1.807) is 0 Å². The summed E-state index contributed by atoms with van der Waals surface area (Å²) in [5.41, 5.74) is 5.51. The molecule has 1 amide bonds. The number of para-hydroxylation sites is 1. The van der Waals surface area contributed by atoms with E-state index in [-0.39, 0.29) is 5.91 Å². The summed E-state index contributed by atoms with van der Waals surface area (Å²) in [4.78, 5) is 18.1. The monoisotopic (exact) mass is 469 g/mol. The fraction of sp³-hybridized carbons (Fsp3) is 0.367. The molecule has 5 rings (SSSR count). The van der Waals surface area contributed by atoms with Crippen molar-refractivity contribution in [2.75, 3.05) is 39.4 Å². The van der Waals surface area contributed by atoms with Crippen molar-refractivity contribution in [2.45, 2.75) is 33.4 Å². The maximum atomic E-state index is 13.7. The largest absolute Gasteiger partial charge is 0.379 e. The zero-order valence-electron chi connectivity index (χ0n) is 20.9. The molecule has 35 heavy (non-hydrogen) atoms. The molecule has 1 aliphatic rings. The van der Waals surface area contributed by atoms with E-state index >= 15 is 0 Å². The fourth-order valence-corrected chi connectivity index (χ4v) is 5.31. The summed E-state index contributed by atoms with van der Waals surface area (Å²) in [5.74, 6) is 0.112. The van der Waals surface area contributed by atoms with Gasteiger partial charge in [0.25, 0.3) is 5.91 Å². The second-order valence-electron chi connectivity index (χ2n) is 9.46. The summed E-state index contributed by atoms with van der Waals surface area (Å²) in [6, 6.07) is 23.2. The molecule has 182 valence electrons. The standard InChI is InChI=1S/C30H35N3O2/c1-3-33-28-12-7-6-11-26(28)27-21-24(13-14-29(27)33)22-32(16-8-15-31-17-19-35-20-18-31)30(34)25-10-5-4-9-23(25)2/h4-7,9-14,21H,3,8,15-20,22H2,1-2H3. The number of ether oxygens (including phenoxy) is 1. The summed E-state index contributed by atoms with van der Waals surface area (Å²) in [6.07, 6.45) is 0.953. The van der Waals surface area contributed by atoms with Crippen LogP contribution in [0.25, 0.3) is 21.8 Å². The lowest BCUT2D eigenvalue weighted by Crippen LogP contribution is -2.39. The number of benzene rings is 3. The molecule has 0 atom stereocenters. The average Bonchev–Trinajstić information content (AvgIpc) is 3.21. The Kier molecular flexibility index (Phi) is 7.16. The number of aryl methyl sites for hydroxylation is 2. The van der Waals surface area contributed by atoms with Crippen LogP contribution in [0, 0.1) is 6.92 Å². The van der Waals surface area contributed by atoms with Crippen molar-refractivity contribution in [1.82, 2.24) is 14.4 Å². The van der Waals surface area contributed by atoms with E-state index < -0.39 is 0 Å². The lowest BCUT2D eigenvalue weighted by atomic mass is 10.1. The number of hydrogen-bond acceptors (Lipinski definition) is 3. The Bertz CT molecular complexity index is 1320. The van der Waals surface area contributed by atoms with Crippen LogP contribution in [0.4, 0.5) is 0 Å². The molecule has 1 aromatic heterocycles. The maximum absolute atomic E-state index is 13.7. The van der Waals surface area contributed by atoms with Gasteiger partial charge in [-0.2, -0.15) is 0 Å². The van der Waals surface area contributed by atoms with E-state index in [0.717, 1.165) is 63.5 Å². The highest BCUT2D eigenvalue weighted by molar-refractivity contribution is 6.08. The topological polar surface area (TPSA) is 37.7 Å². The predicted molar refractivity (Wildman–Crippen MR) is 143 cm³/mol. The highest BCUT2D eigenvalue weighted by atomic mass is 16.5. The molecule has 1 aliphatic heterocycles. The van der Waals surface area contributed by atoms with E-state index in [2.05, 4.69) is 58.9 Å². The van der Waals surface area contributed by atoms with Crippen LogP contribution in [0.5, 0.6) is 0 Å². The molecule has 0 radical (unpaired) electrons. The maximum Gasteiger partial charge on any atom is 0.254 e. The first-order chi connectivity index (χ1) is 17.2. The SMILES string of the molecule is CCn1c2ccccc2c2cc(CN(CCCN3CCOCC3)C(=O)c3ccccc3C)ccc21. The second-order valence-corrected chi connectivity index (χ2v) is 9.46. The summed E-state index contributed by atoms with van der Waals surface area (Å²) < 4.78 is 7.85. The van der Waals surface area contributed by atoms with Gasteiger partial charge in [-0.05, 0) is 55.7 Å². The van der Waals surface area contributed by atoms with Gasteiger partial charge in [-0.25, -0.2) is 0 Å². The molecule has 0 N–H and O–H groups in total. The van der Waals surface area contributed by atoms with Crippen molar-refractivity contribution < 1.29 is 9.53 Å². The first-order valence-corrected chi connectivity index (χ1v) is 12.8. The van der Waals surface area contributed by atoms with Crippen molar-refractivity contribution in [2.24, 2.45) is 0 Å². The third kappa shape index (κ3) is 4.97. The van der Waals surface area contributed by atoms with Gasteiger partial charge in [-0.3, -0.25) is 9.69 Å². The first-order valence-electron chi connectivity index (χ1n) is 12.8. The number of morpholine rings is 1. The van der Waals surface area contributed by atoms with Crippen LogP contribution in [0.1, 0.15) is 34.8 Å². The lowest BCUT2D eigenvalue weighted by Gasteiger charge is -2.29. The summed E-state index contributed by atoms with van der Waals surface area (Å²) in [6.45, 7) is 11.0. The molecule has 3 aromatic carbocycles. The van der Waals surface area contributed by atoms with Gasteiger partial charge >= 0.3 is 0 Å². The third-order valence-electron chi connectivity index (χ3n) is 7.20. The van der Waals surface area contributed by atoms with E-state index in [9.17, 15) is 4.79 Å². The Morgan fingerprint density at radius 3 is 2.49 bits per heavy atom. The number of rotatable bonds is 8. The minimum absolute atomic E-state index is 0.112. The van der Waals surface area contributed by atoms with Crippen LogP contribution in [0.3, 0.4) is 0 Å². The number of fused-ring (bicyclic) bond motifs is 3. The fourth-order valence-electron chi connectivity index (χ4n) is 5.31. The molecular weight excluding hydrogens is 434 g/mol. The van der Waals surface area contributed by atoms with Gasteiger partial charge in [0.1, 0.15) is 0 Å². The van der Waals surface area contributed by atoms with Crippen molar-refractivity contribution >= 4 is 27.7 Å². The Balaban J connectivity index is 1.42. The number of amides is 1. The van der Waals surface area contributed by atoms with Gasteiger partial charge in [0.15, 0.2) is 0 Å². The van der Waals surface area contributed by atoms with E-state index in [1.165, 1.54) is 27.4 Å². The molecule has 0 spiro atoms. The number of aromatic nitrogens is 1. The molecule has 4 aromatic rings. The van der Waals surface area contributed by atoms with Gasteiger partial charge in [0.2, 0.25) is 0 Å². The normalized spacial score (nSPS) is 14.6. The molecule has 5 nitrogen and oxygen atoms in total. The molecule has 5 heteroatoms. The predicted octanol–water partition coefficient (Wildman–Crippen LogP) is 5.49. The van der Waals surface area contributed by atoms with Crippen molar-refractivity contribution in [3.63, 3.8) is 0 Å². The van der Waals surface area contributed by atoms with Crippen LogP contribution < -0.4 is 0 Å². The highest BCUT2D eigenvalue weighted by Gasteiger charge is 2.19. The lowest BCUT2D eigenvalue weighted by molar-refractivity contribution is 0.0355. The Morgan fingerprint density at radius 1 is 0.943 bits per heavy atom.